The van der Waals surface area contributed by atoms with Crippen molar-refractivity contribution < 1.29 is 23.9 Å². The molecule has 0 fully saturated rings. The molecule has 7 nitrogen and oxygen atoms in total. The standard InChI is InChI=1S/C21H21ClN2O5/c1-14-9-11-15(12-10-14)18(25)13-29-20(27)8-4-7-19(26)23-24-21(28)16-5-2-3-6-17(16)22/h2-3,5-6,9-12H,4,7-8,13H2,1H3,(H,23,26)(H,24,28). The summed E-state index contributed by atoms with van der Waals surface area (Å²) in [7, 11) is 0. The van der Waals surface area contributed by atoms with E-state index >= 15 is 0 Å². The van der Waals surface area contributed by atoms with E-state index in [1.807, 2.05) is 6.92 Å². The Bertz CT molecular complexity index is 896. The zero-order chi connectivity index (χ0) is 21.2. The van der Waals surface area contributed by atoms with Gasteiger partial charge in [-0.1, -0.05) is 53.6 Å². The fourth-order valence-electron chi connectivity index (χ4n) is 2.34. The van der Waals surface area contributed by atoms with Crippen molar-refractivity contribution in [3.05, 3.63) is 70.2 Å². The molecule has 0 bridgehead atoms. The number of nitrogens with one attached hydrogen (secondary N) is 2. The summed E-state index contributed by atoms with van der Waals surface area (Å²) in [4.78, 5) is 47.3. The van der Waals surface area contributed by atoms with Crippen LogP contribution in [0.4, 0.5) is 0 Å². The molecule has 0 heterocycles. The minimum atomic E-state index is -0.571. The van der Waals surface area contributed by atoms with Crippen LogP contribution in [0.1, 0.15) is 45.5 Å². The summed E-state index contributed by atoms with van der Waals surface area (Å²) in [6.07, 6.45) is 0.197. The van der Waals surface area contributed by atoms with Crippen LogP contribution in [-0.4, -0.2) is 30.2 Å². The van der Waals surface area contributed by atoms with Gasteiger partial charge < -0.3 is 4.74 Å². The van der Waals surface area contributed by atoms with E-state index in [2.05, 4.69) is 10.9 Å². The first-order chi connectivity index (χ1) is 13.9. The van der Waals surface area contributed by atoms with Gasteiger partial charge in [-0.15, -0.1) is 0 Å². The number of esters is 1. The van der Waals surface area contributed by atoms with Crippen molar-refractivity contribution in [3.63, 3.8) is 0 Å². The molecule has 0 aliphatic carbocycles. The molecule has 2 rings (SSSR count). The lowest BCUT2D eigenvalue weighted by Crippen LogP contribution is -2.41. The molecule has 0 saturated carbocycles. The van der Waals surface area contributed by atoms with Gasteiger partial charge in [0.05, 0.1) is 10.6 Å². The first-order valence-corrected chi connectivity index (χ1v) is 9.34. The summed E-state index contributed by atoms with van der Waals surface area (Å²) in [5, 5.41) is 0.266. The van der Waals surface area contributed by atoms with Crippen molar-refractivity contribution >= 4 is 35.2 Å². The number of carbonyl (C=O) groups excluding carboxylic acids is 4. The van der Waals surface area contributed by atoms with Crippen LogP contribution in [0.2, 0.25) is 5.02 Å². The number of benzene rings is 2. The highest BCUT2D eigenvalue weighted by Crippen LogP contribution is 2.14. The van der Waals surface area contributed by atoms with Gasteiger partial charge in [0.25, 0.3) is 5.91 Å². The molecule has 2 aromatic carbocycles. The quantitative estimate of drug-likeness (QED) is 0.391. The molecule has 0 spiro atoms. The number of hydrazine groups is 1. The first kappa shape index (κ1) is 22.1. The Balaban J connectivity index is 1.63. The number of halogens is 1. The molecule has 2 N–H and O–H groups in total. The molecule has 2 amide bonds. The number of carbonyl (C=O) groups is 4. The van der Waals surface area contributed by atoms with E-state index in [1.54, 1.807) is 42.5 Å². The van der Waals surface area contributed by atoms with Crippen LogP contribution >= 0.6 is 11.6 Å². The van der Waals surface area contributed by atoms with Crippen LogP contribution in [0.3, 0.4) is 0 Å². The summed E-state index contributed by atoms with van der Waals surface area (Å²) in [5.41, 5.74) is 6.24. The molecule has 0 radical (unpaired) electrons. The highest BCUT2D eigenvalue weighted by Gasteiger charge is 2.12. The van der Waals surface area contributed by atoms with Gasteiger partial charge in [0.15, 0.2) is 12.4 Å². The number of hydrogen-bond donors (Lipinski definition) is 2. The lowest BCUT2D eigenvalue weighted by Gasteiger charge is -2.08. The summed E-state index contributed by atoms with van der Waals surface area (Å²) in [6, 6.07) is 13.4. The number of rotatable bonds is 8. The van der Waals surface area contributed by atoms with Crippen LogP contribution in [0.25, 0.3) is 0 Å². The van der Waals surface area contributed by atoms with E-state index in [0.717, 1.165) is 5.56 Å². The average molecular weight is 417 g/mol. The zero-order valence-electron chi connectivity index (χ0n) is 15.9. The molecule has 29 heavy (non-hydrogen) atoms. The Kier molecular flexibility index (Phi) is 8.36. The fourth-order valence-corrected chi connectivity index (χ4v) is 2.56. The number of aryl methyl sites for hydroxylation is 1. The largest absolute Gasteiger partial charge is 0.457 e. The van der Waals surface area contributed by atoms with Crippen LogP contribution < -0.4 is 10.9 Å². The van der Waals surface area contributed by atoms with Gasteiger partial charge in [0, 0.05) is 18.4 Å². The van der Waals surface area contributed by atoms with Crippen LogP contribution in [-0.2, 0) is 14.3 Å². The van der Waals surface area contributed by atoms with Crippen molar-refractivity contribution in [1.82, 2.24) is 10.9 Å². The molecule has 0 unspecified atom stereocenters. The van der Waals surface area contributed by atoms with Crippen molar-refractivity contribution in [2.75, 3.05) is 6.61 Å². The normalized spacial score (nSPS) is 10.1. The average Bonchev–Trinajstić information content (AvgIpc) is 2.71. The van der Waals surface area contributed by atoms with Crippen LogP contribution in [0, 0.1) is 6.92 Å². The number of Topliss-reactive ketones (excluding diaryl/α,β-unsaturated/α-hetero) is 1. The van der Waals surface area contributed by atoms with Crippen molar-refractivity contribution in [2.24, 2.45) is 0 Å². The summed E-state index contributed by atoms with van der Waals surface area (Å²) in [5.74, 6) is -1.87. The Hall–Kier alpha value is -3.19. The molecule has 0 aliphatic rings. The summed E-state index contributed by atoms with van der Waals surface area (Å²) >= 11 is 5.90. The second-order valence-electron chi connectivity index (χ2n) is 6.29. The number of ketones is 1. The zero-order valence-corrected chi connectivity index (χ0v) is 16.6. The lowest BCUT2D eigenvalue weighted by atomic mass is 10.1. The molecule has 0 saturated heterocycles. The van der Waals surface area contributed by atoms with Gasteiger partial charge in [0.2, 0.25) is 5.91 Å². The Labute approximate surface area is 173 Å². The maximum atomic E-state index is 11.9. The smallest absolute Gasteiger partial charge is 0.306 e. The molecule has 0 aromatic heterocycles. The van der Waals surface area contributed by atoms with Crippen LogP contribution in [0.15, 0.2) is 48.5 Å². The topological polar surface area (TPSA) is 102 Å². The van der Waals surface area contributed by atoms with E-state index < -0.39 is 17.8 Å². The Morgan fingerprint density at radius 2 is 1.62 bits per heavy atom. The Morgan fingerprint density at radius 1 is 0.931 bits per heavy atom. The van der Waals surface area contributed by atoms with E-state index in [1.165, 1.54) is 6.07 Å². The predicted molar refractivity (Wildman–Crippen MR) is 107 cm³/mol. The van der Waals surface area contributed by atoms with Crippen LogP contribution in [0.5, 0.6) is 0 Å². The number of amides is 2. The predicted octanol–water partition coefficient (Wildman–Crippen LogP) is 3.01. The third kappa shape index (κ3) is 7.38. The highest BCUT2D eigenvalue weighted by molar-refractivity contribution is 6.33. The van der Waals surface area contributed by atoms with E-state index in [0.29, 0.717) is 5.56 Å². The molecular formula is C21H21ClN2O5. The van der Waals surface area contributed by atoms with Gasteiger partial charge in [-0.25, -0.2) is 0 Å². The Morgan fingerprint density at radius 3 is 2.31 bits per heavy atom. The van der Waals surface area contributed by atoms with Crippen molar-refractivity contribution in [2.45, 2.75) is 26.2 Å². The third-order valence-corrected chi connectivity index (χ3v) is 4.29. The second kappa shape index (κ2) is 11.0. The number of hydrogen-bond acceptors (Lipinski definition) is 5. The summed E-state index contributed by atoms with van der Waals surface area (Å²) < 4.78 is 4.93. The molecule has 8 heteroatoms. The molecular weight excluding hydrogens is 396 g/mol. The maximum absolute atomic E-state index is 11.9. The lowest BCUT2D eigenvalue weighted by molar-refractivity contribution is -0.142. The number of ether oxygens (including phenoxy) is 1. The second-order valence-corrected chi connectivity index (χ2v) is 6.69. The minimum absolute atomic E-state index is 0.00378. The summed E-state index contributed by atoms with van der Waals surface area (Å²) in [6.45, 7) is 1.56. The molecule has 0 atom stereocenters. The van der Waals surface area contributed by atoms with Gasteiger partial charge in [-0.05, 0) is 25.5 Å². The van der Waals surface area contributed by atoms with Gasteiger partial charge in [-0.2, -0.15) is 0 Å². The minimum Gasteiger partial charge on any atom is -0.457 e. The fraction of sp³-hybridized carbons (Fsp3) is 0.238. The van der Waals surface area contributed by atoms with E-state index in [-0.39, 0.29) is 42.2 Å². The van der Waals surface area contributed by atoms with Gasteiger partial charge in [0.1, 0.15) is 0 Å². The van der Waals surface area contributed by atoms with Crippen molar-refractivity contribution in [3.8, 4) is 0 Å². The maximum Gasteiger partial charge on any atom is 0.306 e. The highest BCUT2D eigenvalue weighted by atomic mass is 35.5. The molecule has 2 aromatic rings. The van der Waals surface area contributed by atoms with E-state index in [9.17, 15) is 19.2 Å². The van der Waals surface area contributed by atoms with Crippen molar-refractivity contribution in [1.29, 1.82) is 0 Å². The van der Waals surface area contributed by atoms with Gasteiger partial charge in [-0.3, -0.25) is 30.0 Å². The van der Waals surface area contributed by atoms with E-state index in [4.69, 9.17) is 16.3 Å². The van der Waals surface area contributed by atoms with Gasteiger partial charge >= 0.3 is 5.97 Å². The molecule has 152 valence electrons. The third-order valence-electron chi connectivity index (χ3n) is 3.96. The first-order valence-electron chi connectivity index (χ1n) is 8.96. The SMILES string of the molecule is Cc1ccc(C(=O)COC(=O)CCCC(=O)NNC(=O)c2ccccc2Cl)cc1. The monoisotopic (exact) mass is 416 g/mol. The molecule has 0 aliphatic heterocycles.